The van der Waals surface area contributed by atoms with Crippen LogP contribution in [-0.2, 0) is 40.8 Å². The Morgan fingerprint density at radius 2 is 1.31 bits per heavy atom. The van der Waals surface area contributed by atoms with Crippen LogP contribution in [0.2, 0.25) is 16.6 Å². The first-order valence-electron chi connectivity index (χ1n) is 10.6. The van der Waals surface area contributed by atoms with Gasteiger partial charge in [-0.15, -0.1) is 0 Å². The molecule has 1 heterocycles. The summed E-state index contributed by atoms with van der Waals surface area (Å²) in [6.07, 6.45) is 1.62. The van der Waals surface area contributed by atoms with Crippen LogP contribution < -0.4 is 0 Å². The van der Waals surface area contributed by atoms with Gasteiger partial charge in [0.25, 0.3) is 0 Å². The van der Waals surface area contributed by atoms with E-state index in [0.29, 0.717) is 28.1 Å². The van der Waals surface area contributed by atoms with Crippen molar-refractivity contribution < 1.29 is 45.3 Å². The van der Waals surface area contributed by atoms with Crippen molar-refractivity contribution in [3.63, 3.8) is 0 Å². The number of furan rings is 1. The molecule has 186 valence electrons. The molecule has 0 aliphatic rings. The Bertz CT molecular complexity index is 944. The number of allylic oxidation sites excluding steroid dienone is 2. The van der Waals surface area contributed by atoms with Crippen molar-refractivity contribution in [1.82, 2.24) is 0 Å². The molecule has 0 radical (unpaired) electrons. The van der Waals surface area contributed by atoms with Gasteiger partial charge in [0.1, 0.15) is 14.0 Å². The van der Waals surface area contributed by atoms with Gasteiger partial charge in [-0.3, -0.25) is 0 Å². The Labute approximate surface area is 220 Å². The molecule has 6 nitrogen and oxygen atoms in total. The Kier molecular flexibility index (Phi) is 20.9. The number of ether oxygens (including phenoxy) is 1. The largest absolute Gasteiger partial charge is 0 e. The molecule has 35 heavy (non-hydrogen) atoms. The molecule has 0 atom stereocenters. The van der Waals surface area contributed by atoms with Gasteiger partial charge in [0, 0.05) is 28.1 Å². The summed E-state index contributed by atoms with van der Waals surface area (Å²) in [6, 6.07) is 13.7. The second-order valence-electron chi connectivity index (χ2n) is 8.13. The van der Waals surface area contributed by atoms with Gasteiger partial charge in [-0.25, -0.2) is 4.79 Å². The van der Waals surface area contributed by atoms with Gasteiger partial charge in [-0.05, 0) is 34.3 Å². The number of carbonyl (C=O) groups excluding carboxylic acids is 1. The fourth-order valence-electron chi connectivity index (χ4n) is 4.95. The van der Waals surface area contributed by atoms with Gasteiger partial charge >= 0.3 is 33.9 Å². The zero-order valence-electron chi connectivity index (χ0n) is 21.2. The van der Waals surface area contributed by atoms with Crippen molar-refractivity contribution in [3.8, 4) is 0 Å². The van der Waals surface area contributed by atoms with Gasteiger partial charge in [0.2, 0.25) is 0 Å². The zero-order valence-corrected chi connectivity index (χ0v) is 23.5. The maximum absolute atomic E-state index is 12.6. The Hall–Kier alpha value is -2.54. The topological polar surface area (TPSA) is 99.1 Å². The summed E-state index contributed by atoms with van der Waals surface area (Å²) in [7, 11) is -0.649. The van der Waals surface area contributed by atoms with E-state index in [1.165, 1.54) is 0 Å². The Balaban J connectivity index is -0.00000135. The van der Waals surface area contributed by atoms with Crippen LogP contribution in [0, 0.1) is 20.0 Å². The predicted molar refractivity (Wildman–Crippen MR) is 131 cm³/mol. The molecule has 2 rings (SSSR count). The van der Waals surface area contributed by atoms with E-state index in [1.807, 2.05) is 42.5 Å². The second-order valence-corrected chi connectivity index (χ2v) is 14.0. The molecule has 0 amide bonds. The maximum atomic E-state index is 12.6. The van der Waals surface area contributed by atoms with Crippen LogP contribution in [-0.4, -0.2) is 21.1 Å². The Morgan fingerprint density at radius 3 is 1.63 bits per heavy atom. The van der Waals surface area contributed by atoms with Crippen LogP contribution in [0.3, 0.4) is 0 Å². The first-order valence-corrected chi connectivity index (χ1v) is 12.8. The molecular weight excluding hydrogens is 500 g/mol. The van der Waals surface area contributed by atoms with E-state index in [0.717, 1.165) is 16.3 Å². The number of benzene rings is 1. The molecule has 0 saturated heterocycles. The third kappa shape index (κ3) is 8.56. The molecule has 0 aliphatic heterocycles. The van der Waals surface area contributed by atoms with E-state index in [4.69, 9.17) is 23.1 Å². The molecule has 0 spiro atoms. The van der Waals surface area contributed by atoms with Crippen molar-refractivity contribution >= 4 is 25.3 Å². The maximum Gasteiger partial charge on any atom is 0 e. The van der Waals surface area contributed by atoms with Gasteiger partial charge < -0.3 is 9.15 Å². The first kappa shape index (κ1) is 37.0. The number of hydrogen-bond donors (Lipinski definition) is 0. The minimum Gasteiger partial charge on any atom is 0 e. The first-order chi connectivity index (χ1) is 16.3. The molecule has 8 heteroatoms. The van der Waals surface area contributed by atoms with Crippen LogP contribution in [0.5, 0.6) is 0 Å². The molecule has 0 aliphatic carbocycles. The standard InChI is InChI=1S/C24H32O3Si.3CO.Cr/c1-17(2)28(18(3)4,19(5)6)22(16-25)23(20-12-9-8-10-13-20)24(26-7)21-14-11-15-27-21;3*1-2;/h8-15,17-19H,1-7H3;;;;/b24-23+;;;;. The molecule has 1 aromatic carbocycles. The minimum absolute atomic E-state index is 0. The summed E-state index contributed by atoms with van der Waals surface area (Å²) in [4.78, 5) is 12.6. The summed E-state index contributed by atoms with van der Waals surface area (Å²) >= 11 is 0. The van der Waals surface area contributed by atoms with E-state index in [1.54, 1.807) is 13.4 Å². The minimum atomic E-state index is -2.28. The number of hydrogen-bond acceptors (Lipinski definition) is 3. The molecule has 1 aromatic heterocycles. The predicted octanol–water partition coefficient (Wildman–Crippen LogP) is 6.66. The molecule has 0 saturated carbocycles. The molecule has 0 bridgehead atoms. The summed E-state index contributed by atoms with van der Waals surface area (Å²) in [5.41, 5.74) is 2.89. The smallest absolute Gasteiger partial charge is 0 e. The van der Waals surface area contributed by atoms with Gasteiger partial charge in [0.05, 0.1) is 13.4 Å². The van der Waals surface area contributed by atoms with Crippen molar-refractivity contribution in [3.05, 3.63) is 85.2 Å². The van der Waals surface area contributed by atoms with Crippen LogP contribution in [0.4, 0.5) is 0 Å². The van der Waals surface area contributed by atoms with E-state index in [-0.39, 0.29) is 17.4 Å². The van der Waals surface area contributed by atoms with Gasteiger partial charge in [-0.2, -0.15) is 0 Å². The van der Waals surface area contributed by atoms with E-state index < -0.39 is 8.07 Å². The summed E-state index contributed by atoms with van der Waals surface area (Å²) in [5.74, 6) is 3.62. The monoisotopic (exact) mass is 532 g/mol. The van der Waals surface area contributed by atoms with Crippen LogP contribution in [0.25, 0.3) is 11.3 Å². The molecule has 0 N–H and O–H groups in total. The Morgan fingerprint density at radius 1 is 0.857 bits per heavy atom. The van der Waals surface area contributed by atoms with Crippen LogP contribution in [0.15, 0.2) is 58.3 Å². The molecular formula is C27H32CrO6Si. The zero-order chi connectivity index (χ0) is 26.9. The average Bonchev–Trinajstić information content (AvgIpc) is 3.39. The molecule has 0 unspecified atom stereocenters. The van der Waals surface area contributed by atoms with Crippen molar-refractivity contribution in [2.75, 3.05) is 7.11 Å². The summed E-state index contributed by atoms with van der Waals surface area (Å²) in [5, 5.41) is 0.784. The van der Waals surface area contributed by atoms with Gasteiger partial charge in [-0.1, -0.05) is 71.9 Å². The van der Waals surface area contributed by atoms with Crippen molar-refractivity contribution in [2.45, 2.75) is 58.2 Å². The summed E-state index contributed by atoms with van der Waals surface area (Å²) in [6.45, 7) is 26.9. The van der Waals surface area contributed by atoms with E-state index in [9.17, 15) is 4.79 Å². The quantitative estimate of drug-likeness (QED) is 0.0949. The fourth-order valence-corrected chi connectivity index (χ4v) is 11.5. The number of methoxy groups -OCH3 is 1. The molecule has 2 aromatic rings. The van der Waals surface area contributed by atoms with Crippen molar-refractivity contribution in [2.24, 2.45) is 0 Å². The van der Waals surface area contributed by atoms with E-state index in [2.05, 4.69) is 67.4 Å². The van der Waals surface area contributed by atoms with E-state index >= 15 is 0 Å². The average molecular weight is 533 g/mol. The van der Waals surface area contributed by atoms with Crippen molar-refractivity contribution in [1.29, 1.82) is 0 Å². The fraction of sp³-hybridized carbons (Fsp3) is 0.370. The van der Waals surface area contributed by atoms with Gasteiger partial charge in [0.15, 0.2) is 11.5 Å². The number of rotatable bonds is 8. The second kappa shape index (κ2) is 19.7. The normalized spacial score (nSPS) is 10.5. The third-order valence-corrected chi connectivity index (χ3v) is 12.8. The summed E-state index contributed by atoms with van der Waals surface area (Å²) < 4.78 is 34.0. The van der Waals surface area contributed by atoms with Crippen LogP contribution >= 0.6 is 0 Å². The SMILES string of the molecule is CO/C(=C(/C(=C=O)[Si](C(C)C)(C(C)C)C(C)C)c1ccccc1)c1ccco1.[C-]#[O+].[C-]#[O+].[C-]#[O+].[Cr]. The molecule has 0 fully saturated rings. The van der Waals surface area contributed by atoms with Crippen LogP contribution in [0.1, 0.15) is 52.9 Å². The third-order valence-electron chi connectivity index (χ3n) is 5.89.